The van der Waals surface area contributed by atoms with Crippen LogP contribution in [0.1, 0.15) is 16.2 Å². The summed E-state index contributed by atoms with van der Waals surface area (Å²) in [6, 6.07) is 10.9. The number of nitro groups is 1. The van der Waals surface area contributed by atoms with Gasteiger partial charge in [-0.05, 0) is 12.1 Å². The van der Waals surface area contributed by atoms with E-state index in [4.69, 9.17) is 0 Å². The number of amides is 2. The molecular formula is C18H12F3N5O4S. The number of hydrogen-bond acceptors (Lipinski definition) is 7. The molecule has 0 radical (unpaired) electrons. The Morgan fingerprint density at radius 1 is 1.06 bits per heavy atom. The fourth-order valence-electron chi connectivity index (χ4n) is 2.41. The average Bonchev–Trinajstić information content (AvgIpc) is 2.75. The number of non-ortho nitro benzene ring substituents is 1. The van der Waals surface area contributed by atoms with E-state index in [1.807, 2.05) is 0 Å². The molecule has 0 spiro atoms. The number of benzene rings is 2. The molecule has 3 rings (SSSR count). The summed E-state index contributed by atoms with van der Waals surface area (Å²) in [4.78, 5) is 41.1. The molecule has 0 atom stereocenters. The molecule has 0 unspecified atom stereocenters. The van der Waals surface area contributed by atoms with Gasteiger partial charge in [0.25, 0.3) is 11.6 Å². The number of para-hydroxylation sites is 1. The van der Waals surface area contributed by atoms with Crippen LogP contribution in [0.2, 0.25) is 0 Å². The van der Waals surface area contributed by atoms with E-state index >= 15 is 0 Å². The molecule has 9 nitrogen and oxygen atoms in total. The molecule has 0 aliphatic rings. The third-order valence-electron chi connectivity index (χ3n) is 3.80. The van der Waals surface area contributed by atoms with Gasteiger partial charge in [0.05, 0.1) is 16.2 Å². The lowest BCUT2D eigenvalue weighted by atomic mass is 10.2. The van der Waals surface area contributed by atoms with Gasteiger partial charge in [-0.15, -0.1) is 0 Å². The molecule has 1 aromatic heterocycles. The number of carbonyl (C=O) groups is 2. The number of hydrogen-bond donors (Lipinski definition) is 2. The van der Waals surface area contributed by atoms with Gasteiger partial charge in [0, 0.05) is 23.1 Å². The van der Waals surface area contributed by atoms with Crippen molar-refractivity contribution in [1.82, 2.24) is 20.8 Å². The van der Waals surface area contributed by atoms with E-state index in [1.165, 1.54) is 36.4 Å². The van der Waals surface area contributed by atoms with E-state index in [9.17, 15) is 32.9 Å². The van der Waals surface area contributed by atoms with Gasteiger partial charge in [-0.3, -0.25) is 30.6 Å². The number of fused-ring (bicyclic) bond motifs is 1. The Bertz CT molecular complexity index is 1170. The maximum atomic E-state index is 13.0. The molecule has 31 heavy (non-hydrogen) atoms. The Kier molecular flexibility index (Phi) is 6.34. The maximum Gasteiger partial charge on any atom is 0.451 e. The summed E-state index contributed by atoms with van der Waals surface area (Å²) < 4.78 is 39.1. The van der Waals surface area contributed by atoms with Gasteiger partial charge >= 0.3 is 6.18 Å². The highest BCUT2D eigenvalue weighted by Gasteiger charge is 2.35. The van der Waals surface area contributed by atoms with Crippen molar-refractivity contribution in [3.05, 3.63) is 70.0 Å². The first kappa shape index (κ1) is 22.0. The molecule has 1 heterocycles. The van der Waals surface area contributed by atoms with Crippen LogP contribution in [0.15, 0.2) is 53.6 Å². The van der Waals surface area contributed by atoms with Crippen LogP contribution in [0.3, 0.4) is 0 Å². The first-order valence-electron chi connectivity index (χ1n) is 8.45. The minimum atomic E-state index is -4.76. The second-order valence-corrected chi connectivity index (χ2v) is 6.93. The summed E-state index contributed by atoms with van der Waals surface area (Å²) >= 11 is 0.738. The molecule has 0 aliphatic carbocycles. The van der Waals surface area contributed by atoms with Gasteiger partial charge < -0.3 is 0 Å². The topological polar surface area (TPSA) is 127 Å². The summed E-state index contributed by atoms with van der Waals surface area (Å²) in [5.41, 5.74) is 3.90. The predicted molar refractivity (Wildman–Crippen MR) is 104 cm³/mol. The van der Waals surface area contributed by atoms with Crippen molar-refractivity contribution in [2.75, 3.05) is 5.75 Å². The van der Waals surface area contributed by atoms with E-state index in [1.54, 1.807) is 6.07 Å². The molecule has 0 aliphatic heterocycles. The highest BCUT2D eigenvalue weighted by molar-refractivity contribution is 8.00. The van der Waals surface area contributed by atoms with Crippen molar-refractivity contribution in [2.45, 2.75) is 11.2 Å². The molecule has 0 saturated heterocycles. The highest BCUT2D eigenvalue weighted by atomic mass is 32.2. The number of rotatable bonds is 5. The van der Waals surface area contributed by atoms with Gasteiger partial charge in [0.2, 0.25) is 11.7 Å². The minimum Gasteiger partial charge on any atom is -0.272 e. The van der Waals surface area contributed by atoms with Gasteiger partial charge in [-0.1, -0.05) is 36.0 Å². The molecule has 2 amide bonds. The number of nitrogens with one attached hydrogen (secondary N) is 2. The van der Waals surface area contributed by atoms with E-state index in [0.717, 1.165) is 17.8 Å². The minimum absolute atomic E-state index is 0.0434. The number of alkyl halides is 3. The largest absolute Gasteiger partial charge is 0.451 e. The number of thioether (sulfide) groups is 1. The zero-order valence-electron chi connectivity index (χ0n) is 15.3. The molecule has 13 heteroatoms. The lowest BCUT2D eigenvalue weighted by molar-refractivity contribution is -0.384. The second-order valence-electron chi connectivity index (χ2n) is 5.97. The molecule has 3 aromatic rings. The maximum absolute atomic E-state index is 13.0. The van der Waals surface area contributed by atoms with Crippen molar-refractivity contribution in [3.63, 3.8) is 0 Å². The lowest BCUT2D eigenvalue weighted by Crippen LogP contribution is -2.42. The van der Waals surface area contributed by atoms with Crippen LogP contribution in [0.5, 0.6) is 0 Å². The molecule has 0 saturated carbocycles. The monoisotopic (exact) mass is 451 g/mol. The zero-order valence-corrected chi connectivity index (χ0v) is 16.2. The van der Waals surface area contributed by atoms with Gasteiger partial charge in [0.15, 0.2) is 0 Å². The third kappa shape index (κ3) is 5.45. The fourth-order valence-corrected chi connectivity index (χ4v) is 3.23. The van der Waals surface area contributed by atoms with Crippen molar-refractivity contribution in [2.24, 2.45) is 0 Å². The number of hydrazine groups is 1. The zero-order chi connectivity index (χ0) is 22.6. The van der Waals surface area contributed by atoms with Crippen LogP contribution < -0.4 is 10.9 Å². The Hall–Kier alpha value is -3.74. The van der Waals surface area contributed by atoms with Crippen LogP contribution >= 0.6 is 11.8 Å². The fraction of sp³-hybridized carbons (Fsp3) is 0.111. The van der Waals surface area contributed by atoms with Crippen LogP contribution in [0.25, 0.3) is 10.9 Å². The molecule has 2 aromatic carbocycles. The molecular weight excluding hydrogens is 439 g/mol. The Morgan fingerprint density at radius 3 is 2.52 bits per heavy atom. The number of nitro benzene ring substituents is 1. The Balaban J connectivity index is 1.66. The summed E-state index contributed by atoms with van der Waals surface area (Å²) in [6.45, 7) is 0. The summed E-state index contributed by atoms with van der Waals surface area (Å²) in [5, 5.41) is 11.1. The van der Waals surface area contributed by atoms with E-state index in [0.29, 0.717) is 5.39 Å². The number of carbonyl (C=O) groups excluding carboxylic acids is 2. The molecule has 2 N–H and O–H groups in total. The summed E-state index contributed by atoms with van der Waals surface area (Å²) in [7, 11) is 0. The average molecular weight is 451 g/mol. The Labute approximate surface area is 176 Å². The van der Waals surface area contributed by atoms with Crippen LogP contribution in [0, 0.1) is 10.1 Å². The van der Waals surface area contributed by atoms with Crippen LogP contribution in [-0.4, -0.2) is 32.5 Å². The smallest absolute Gasteiger partial charge is 0.272 e. The third-order valence-corrected chi connectivity index (χ3v) is 4.79. The van der Waals surface area contributed by atoms with E-state index in [2.05, 4.69) is 20.8 Å². The number of halogens is 3. The second kappa shape index (κ2) is 8.95. The quantitative estimate of drug-likeness (QED) is 0.264. The van der Waals surface area contributed by atoms with Gasteiger partial charge in [-0.25, -0.2) is 9.97 Å². The van der Waals surface area contributed by atoms with Crippen molar-refractivity contribution in [3.8, 4) is 0 Å². The highest BCUT2D eigenvalue weighted by Crippen LogP contribution is 2.31. The van der Waals surface area contributed by atoms with Gasteiger partial charge in [0.1, 0.15) is 5.03 Å². The van der Waals surface area contributed by atoms with E-state index < -0.39 is 28.7 Å². The number of nitrogens with zero attached hydrogens (tertiary/aromatic N) is 3. The van der Waals surface area contributed by atoms with Crippen molar-refractivity contribution in [1.29, 1.82) is 0 Å². The SMILES string of the molecule is O=C(CSc1nc(C(F)(F)F)nc2ccccc12)NNC(=O)c1cccc([N+](=O)[O-])c1. The lowest BCUT2D eigenvalue weighted by Gasteiger charge is -2.11. The molecule has 0 bridgehead atoms. The Morgan fingerprint density at radius 2 is 1.81 bits per heavy atom. The van der Waals surface area contributed by atoms with Crippen molar-refractivity contribution >= 4 is 40.2 Å². The van der Waals surface area contributed by atoms with Crippen LogP contribution in [-0.2, 0) is 11.0 Å². The standard InChI is InChI=1S/C18H12F3N5O4S/c19-18(20,21)17-22-13-7-2-1-6-12(13)16(23-17)31-9-14(27)24-25-15(28)10-4-3-5-11(8-10)26(29)30/h1-8H,9H2,(H,24,27)(H,25,28). The van der Waals surface area contributed by atoms with Crippen molar-refractivity contribution < 1.29 is 27.7 Å². The number of aromatic nitrogens is 2. The summed E-state index contributed by atoms with van der Waals surface area (Å²) in [5.74, 6) is -3.20. The first-order valence-corrected chi connectivity index (χ1v) is 9.44. The molecule has 0 fully saturated rings. The summed E-state index contributed by atoms with van der Waals surface area (Å²) in [6.07, 6.45) is -4.76. The van der Waals surface area contributed by atoms with E-state index in [-0.39, 0.29) is 27.5 Å². The van der Waals surface area contributed by atoms with Crippen LogP contribution in [0.4, 0.5) is 18.9 Å². The first-order chi connectivity index (χ1) is 14.6. The molecule has 160 valence electrons. The normalized spacial score (nSPS) is 11.2. The van der Waals surface area contributed by atoms with Gasteiger partial charge in [-0.2, -0.15) is 13.2 Å². The predicted octanol–water partition coefficient (Wildman–Crippen LogP) is 3.11.